The zero-order valence-electron chi connectivity index (χ0n) is 5.58. The highest BCUT2D eigenvalue weighted by molar-refractivity contribution is 4.74. The van der Waals surface area contributed by atoms with Crippen LogP contribution in [0.5, 0.6) is 0 Å². The first-order valence-electron chi connectivity index (χ1n) is 3.29. The Morgan fingerprint density at radius 2 is 2.22 bits per heavy atom. The van der Waals surface area contributed by atoms with E-state index in [0.29, 0.717) is 6.42 Å². The molecule has 1 aliphatic heterocycles. The monoisotopic (exact) mass is 131 g/mol. The highest BCUT2D eigenvalue weighted by atomic mass is 16.6. The summed E-state index contributed by atoms with van der Waals surface area (Å²) < 4.78 is 5.03. The summed E-state index contributed by atoms with van der Waals surface area (Å²) in [6.45, 7) is 1.88. The Hall–Kier alpha value is -0.120. The quantitative estimate of drug-likeness (QED) is 0.480. The summed E-state index contributed by atoms with van der Waals surface area (Å²) >= 11 is 0. The van der Waals surface area contributed by atoms with E-state index >= 15 is 0 Å². The number of aliphatic hydroxyl groups is 1. The summed E-state index contributed by atoms with van der Waals surface area (Å²) in [4.78, 5) is 0. The molecule has 3 nitrogen and oxygen atoms in total. The first kappa shape index (κ1) is 6.99. The third kappa shape index (κ3) is 1.64. The highest BCUT2D eigenvalue weighted by Gasteiger charge is 2.23. The zero-order chi connectivity index (χ0) is 6.85. The Morgan fingerprint density at radius 1 is 1.56 bits per heavy atom. The minimum Gasteiger partial charge on any atom is -0.368 e. The molecule has 0 radical (unpaired) electrons. The van der Waals surface area contributed by atoms with Gasteiger partial charge >= 0.3 is 0 Å². The van der Waals surface area contributed by atoms with Crippen molar-refractivity contribution in [2.24, 2.45) is 5.73 Å². The van der Waals surface area contributed by atoms with Gasteiger partial charge in [-0.1, -0.05) is 0 Å². The lowest BCUT2D eigenvalue weighted by atomic mass is 10.0. The molecule has 0 amide bonds. The maximum Gasteiger partial charge on any atom is 0.155 e. The molecule has 1 saturated heterocycles. The van der Waals surface area contributed by atoms with Crippen LogP contribution in [0.25, 0.3) is 0 Å². The molecule has 1 rings (SSSR count). The van der Waals surface area contributed by atoms with E-state index < -0.39 is 6.29 Å². The smallest absolute Gasteiger partial charge is 0.155 e. The van der Waals surface area contributed by atoms with Crippen LogP contribution in [0.2, 0.25) is 0 Å². The van der Waals surface area contributed by atoms with Crippen molar-refractivity contribution in [2.45, 2.75) is 38.2 Å². The van der Waals surface area contributed by atoms with E-state index in [1.807, 2.05) is 6.92 Å². The standard InChI is InChI=1S/C6H13NO2/c1-4-5(7)2-3-6(8)9-4/h4-6,8H,2-3,7H2,1H3/t4-,5+,6?/m0/s1. The van der Waals surface area contributed by atoms with Crippen molar-refractivity contribution in [1.82, 2.24) is 0 Å². The van der Waals surface area contributed by atoms with E-state index in [-0.39, 0.29) is 12.1 Å². The lowest BCUT2D eigenvalue weighted by Crippen LogP contribution is -2.42. The van der Waals surface area contributed by atoms with Crippen LogP contribution in [0.3, 0.4) is 0 Å². The van der Waals surface area contributed by atoms with Gasteiger partial charge < -0.3 is 15.6 Å². The van der Waals surface area contributed by atoms with Crippen LogP contribution in [0.4, 0.5) is 0 Å². The van der Waals surface area contributed by atoms with E-state index in [2.05, 4.69) is 0 Å². The summed E-state index contributed by atoms with van der Waals surface area (Å²) in [7, 11) is 0. The Bertz CT molecular complexity index is 97.1. The maximum absolute atomic E-state index is 8.92. The number of hydrogen-bond acceptors (Lipinski definition) is 3. The van der Waals surface area contributed by atoms with Crippen molar-refractivity contribution in [3.05, 3.63) is 0 Å². The van der Waals surface area contributed by atoms with Crippen LogP contribution < -0.4 is 5.73 Å². The molecule has 0 spiro atoms. The lowest BCUT2D eigenvalue weighted by Gasteiger charge is -2.29. The summed E-state index contributed by atoms with van der Waals surface area (Å²) in [5, 5.41) is 8.92. The fourth-order valence-corrected chi connectivity index (χ4v) is 0.986. The van der Waals surface area contributed by atoms with Gasteiger partial charge in [0.25, 0.3) is 0 Å². The molecule has 1 fully saturated rings. The average molecular weight is 131 g/mol. The Morgan fingerprint density at radius 3 is 2.67 bits per heavy atom. The number of ether oxygens (including phenoxy) is 1. The fraction of sp³-hybridized carbons (Fsp3) is 1.00. The molecule has 0 bridgehead atoms. The third-order valence-corrected chi connectivity index (χ3v) is 1.72. The van der Waals surface area contributed by atoms with E-state index in [1.54, 1.807) is 0 Å². The molecule has 1 aliphatic rings. The van der Waals surface area contributed by atoms with Crippen LogP contribution in [-0.4, -0.2) is 23.5 Å². The summed E-state index contributed by atoms with van der Waals surface area (Å²) in [6, 6.07) is 0.105. The first-order valence-corrected chi connectivity index (χ1v) is 3.29. The number of hydrogen-bond donors (Lipinski definition) is 2. The predicted octanol–water partition coefficient (Wildman–Crippen LogP) is -0.169. The second kappa shape index (κ2) is 2.64. The van der Waals surface area contributed by atoms with Crippen LogP contribution in [-0.2, 0) is 4.74 Å². The molecule has 54 valence electrons. The molecule has 0 aromatic carbocycles. The van der Waals surface area contributed by atoms with Gasteiger partial charge in [-0.05, 0) is 19.8 Å². The summed E-state index contributed by atoms with van der Waals surface area (Å²) in [5.41, 5.74) is 5.60. The van der Waals surface area contributed by atoms with Gasteiger partial charge in [-0.3, -0.25) is 0 Å². The van der Waals surface area contributed by atoms with Crippen molar-refractivity contribution in [1.29, 1.82) is 0 Å². The average Bonchev–Trinajstić information content (AvgIpc) is 1.80. The van der Waals surface area contributed by atoms with Gasteiger partial charge in [-0.25, -0.2) is 0 Å². The van der Waals surface area contributed by atoms with E-state index in [1.165, 1.54) is 0 Å². The van der Waals surface area contributed by atoms with Gasteiger partial charge in [0.2, 0.25) is 0 Å². The molecular formula is C6H13NO2. The molecule has 1 heterocycles. The molecule has 0 aliphatic carbocycles. The second-order valence-corrected chi connectivity index (χ2v) is 2.54. The maximum atomic E-state index is 8.92. The summed E-state index contributed by atoms with van der Waals surface area (Å²) in [6.07, 6.45) is 0.960. The Balaban J connectivity index is 2.35. The molecule has 1 unspecified atom stereocenters. The molecular weight excluding hydrogens is 118 g/mol. The molecule has 9 heavy (non-hydrogen) atoms. The number of aliphatic hydroxyl groups excluding tert-OH is 1. The van der Waals surface area contributed by atoms with Crippen molar-refractivity contribution >= 4 is 0 Å². The van der Waals surface area contributed by atoms with E-state index in [4.69, 9.17) is 15.6 Å². The van der Waals surface area contributed by atoms with Gasteiger partial charge in [0.05, 0.1) is 6.10 Å². The third-order valence-electron chi connectivity index (χ3n) is 1.72. The van der Waals surface area contributed by atoms with Crippen molar-refractivity contribution in [2.75, 3.05) is 0 Å². The van der Waals surface area contributed by atoms with Gasteiger partial charge in [-0.15, -0.1) is 0 Å². The van der Waals surface area contributed by atoms with Crippen LogP contribution in [0, 0.1) is 0 Å². The number of rotatable bonds is 0. The molecule has 3 N–H and O–H groups in total. The van der Waals surface area contributed by atoms with Crippen molar-refractivity contribution in [3.8, 4) is 0 Å². The van der Waals surface area contributed by atoms with Crippen LogP contribution >= 0.6 is 0 Å². The lowest BCUT2D eigenvalue weighted by molar-refractivity contribution is -0.162. The zero-order valence-corrected chi connectivity index (χ0v) is 5.58. The van der Waals surface area contributed by atoms with E-state index in [9.17, 15) is 0 Å². The van der Waals surface area contributed by atoms with Gasteiger partial charge in [0, 0.05) is 6.04 Å². The normalized spacial score (nSPS) is 45.0. The van der Waals surface area contributed by atoms with E-state index in [0.717, 1.165) is 6.42 Å². The minimum absolute atomic E-state index is 0.00810. The van der Waals surface area contributed by atoms with Gasteiger partial charge in [0.15, 0.2) is 6.29 Å². The predicted molar refractivity (Wildman–Crippen MR) is 33.8 cm³/mol. The topological polar surface area (TPSA) is 55.5 Å². The first-order chi connectivity index (χ1) is 4.20. The molecule has 0 aromatic rings. The van der Waals surface area contributed by atoms with Gasteiger partial charge in [-0.2, -0.15) is 0 Å². The van der Waals surface area contributed by atoms with Crippen molar-refractivity contribution < 1.29 is 9.84 Å². The SMILES string of the molecule is C[C@@H]1OC(O)CC[C@H]1N. The second-order valence-electron chi connectivity index (χ2n) is 2.54. The summed E-state index contributed by atoms with van der Waals surface area (Å²) in [5.74, 6) is 0. The molecule has 3 heteroatoms. The van der Waals surface area contributed by atoms with Gasteiger partial charge in [0.1, 0.15) is 0 Å². The fourth-order valence-electron chi connectivity index (χ4n) is 0.986. The van der Waals surface area contributed by atoms with Crippen LogP contribution in [0.15, 0.2) is 0 Å². The van der Waals surface area contributed by atoms with Crippen molar-refractivity contribution in [3.63, 3.8) is 0 Å². The molecule has 0 saturated carbocycles. The highest BCUT2D eigenvalue weighted by Crippen LogP contribution is 2.15. The van der Waals surface area contributed by atoms with Crippen LogP contribution in [0.1, 0.15) is 19.8 Å². The number of nitrogens with two attached hydrogens (primary N) is 1. The largest absolute Gasteiger partial charge is 0.368 e. The Labute approximate surface area is 54.8 Å². The Kier molecular flexibility index (Phi) is 2.05. The minimum atomic E-state index is -0.584. The molecule has 0 aromatic heterocycles. The molecule has 3 atom stereocenters.